The van der Waals surface area contributed by atoms with E-state index >= 15 is 0 Å². The van der Waals surface area contributed by atoms with Gasteiger partial charge in [-0.25, -0.2) is 25.9 Å². The lowest BCUT2D eigenvalue weighted by Crippen LogP contribution is -2.36. The number of sulfonamides is 1. The molecule has 0 aliphatic rings. The molecule has 0 heterocycles. The molecule has 5 nitrogen and oxygen atoms in total. The first-order chi connectivity index (χ1) is 8.95. The second kappa shape index (κ2) is 5.79. The quantitative estimate of drug-likeness (QED) is 0.834. The largest absolute Gasteiger partial charge is 0.243 e. The molecule has 0 amide bonds. The molecule has 0 aliphatic heterocycles. The van der Waals surface area contributed by atoms with Gasteiger partial charge in [-0.2, -0.15) is 0 Å². The van der Waals surface area contributed by atoms with E-state index in [1.54, 1.807) is 6.92 Å². The normalized spacial score (nSPS) is 14.5. The van der Waals surface area contributed by atoms with Crippen molar-refractivity contribution in [2.75, 3.05) is 6.26 Å². The van der Waals surface area contributed by atoms with Crippen LogP contribution in [-0.4, -0.2) is 29.1 Å². The van der Waals surface area contributed by atoms with Crippen LogP contribution in [0.1, 0.15) is 20.8 Å². The lowest BCUT2D eigenvalue weighted by atomic mass is 10.1. The summed E-state index contributed by atoms with van der Waals surface area (Å²) >= 11 is 0. The zero-order valence-electron chi connectivity index (χ0n) is 11.7. The van der Waals surface area contributed by atoms with E-state index < -0.39 is 36.6 Å². The molecule has 0 radical (unpaired) electrons. The van der Waals surface area contributed by atoms with E-state index in [1.807, 2.05) is 13.8 Å². The average Bonchev–Trinajstić information content (AvgIpc) is 2.26. The van der Waals surface area contributed by atoms with Gasteiger partial charge in [0.1, 0.15) is 10.7 Å². The number of benzene rings is 1. The van der Waals surface area contributed by atoms with Crippen molar-refractivity contribution in [1.29, 1.82) is 0 Å². The average molecular weight is 323 g/mol. The highest BCUT2D eigenvalue weighted by Gasteiger charge is 2.24. The molecule has 0 spiro atoms. The number of rotatable bonds is 5. The molecule has 0 aromatic heterocycles. The topological polar surface area (TPSA) is 80.3 Å². The Bertz CT molecular complexity index is 696. The molecule has 1 N–H and O–H groups in total. The Kier molecular flexibility index (Phi) is 4.94. The standard InChI is InChI=1S/C12H18FNO4S2/c1-8(2)9(3)14-20(17,18)12-7-10(19(4,15)16)5-6-11(12)13/h5-9,14H,1-4H3. The molecule has 0 fully saturated rings. The van der Waals surface area contributed by atoms with E-state index in [2.05, 4.69) is 4.72 Å². The fraction of sp³-hybridized carbons (Fsp3) is 0.500. The van der Waals surface area contributed by atoms with Crippen molar-refractivity contribution in [3.63, 3.8) is 0 Å². The Balaban J connectivity index is 3.32. The van der Waals surface area contributed by atoms with Gasteiger partial charge in [0.05, 0.1) is 4.90 Å². The molecule has 0 aliphatic carbocycles. The summed E-state index contributed by atoms with van der Waals surface area (Å²) in [5, 5.41) is 0. The highest BCUT2D eigenvalue weighted by molar-refractivity contribution is 7.91. The molecule has 1 atom stereocenters. The van der Waals surface area contributed by atoms with Crippen LogP contribution < -0.4 is 4.72 Å². The van der Waals surface area contributed by atoms with Gasteiger partial charge in [-0.1, -0.05) is 13.8 Å². The summed E-state index contributed by atoms with van der Waals surface area (Å²) in [4.78, 5) is -0.899. The van der Waals surface area contributed by atoms with Crippen molar-refractivity contribution >= 4 is 19.9 Å². The molecule has 1 unspecified atom stereocenters. The van der Waals surface area contributed by atoms with Crippen LogP contribution in [0.5, 0.6) is 0 Å². The maximum atomic E-state index is 13.7. The summed E-state index contributed by atoms with van der Waals surface area (Å²) in [5.74, 6) is -0.966. The number of halogens is 1. The maximum absolute atomic E-state index is 13.7. The minimum Gasteiger partial charge on any atom is -0.224 e. The van der Waals surface area contributed by atoms with Crippen LogP contribution in [-0.2, 0) is 19.9 Å². The predicted octanol–water partition coefficient (Wildman–Crippen LogP) is 1.55. The molecule has 0 saturated heterocycles. The smallest absolute Gasteiger partial charge is 0.224 e. The highest BCUT2D eigenvalue weighted by Crippen LogP contribution is 2.20. The van der Waals surface area contributed by atoms with Gasteiger partial charge in [-0.15, -0.1) is 0 Å². The van der Waals surface area contributed by atoms with Gasteiger partial charge >= 0.3 is 0 Å². The van der Waals surface area contributed by atoms with Crippen LogP contribution in [0.4, 0.5) is 4.39 Å². The van der Waals surface area contributed by atoms with Crippen molar-refractivity contribution in [2.24, 2.45) is 5.92 Å². The summed E-state index contributed by atoms with van der Waals surface area (Å²) in [7, 11) is -7.71. The van der Waals surface area contributed by atoms with Crippen LogP contribution in [0.2, 0.25) is 0 Å². The number of sulfone groups is 1. The van der Waals surface area contributed by atoms with E-state index in [9.17, 15) is 21.2 Å². The van der Waals surface area contributed by atoms with Crippen LogP contribution in [0, 0.1) is 11.7 Å². The summed E-state index contributed by atoms with van der Waals surface area (Å²) in [6, 6.07) is 2.31. The zero-order chi connectivity index (χ0) is 15.7. The maximum Gasteiger partial charge on any atom is 0.243 e. The molecule has 20 heavy (non-hydrogen) atoms. The summed E-state index contributed by atoms with van der Waals surface area (Å²) in [6.07, 6.45) is 0.931. The van der Waals surface area contributed by atoms with Crippen molar-refractivity contribution in [1.82, 2.24) is 4.72 Å². The summed E-state index contributed by atoms with van der Waals surface area (Å²) < 4.78 is 63.1. The monoisotopic (exact) mass is 323 g/mol. The zero-order valence-corrected chi connectivity index (χ0v) is 13.3. The molecular formula is C12H18FNO4S2. The third-order valence-corrected chi connectivity index (χ3v) is 5.65. The van der Waals surface area contributed by atoms with E-state index in [0.717, 1.165) is 24.5 Å². The predicted molar refractivity (Wildman–Crippen MR) is 74.1 cm³/mol. The third kappa shape index (κ3) is 4.00. The fourth-order valence-electron chi connectivity index (χ4n) is 1.36. The van der Waals surface area contributed by atoms with Crippen molar-refractivity contribution in [3.05, 3.63) is 24.0 Å². The molecule has 0 saturated carbocycles. The second-order valence-corrected chi connectivity index (χ2v) is 8.72. The molecule has 8 heteroatoms. The summed E-state index contributed by atoms with van der Waals surface area (Å²) in [5.41, 5.74) is 0. The van der Waals surface area contributed by atoms with Gasteiger partial charge in [0.2, 0.25) is 10.0 Å². The van der Waals surface area contributed by atoms with Gasteiger partial charge in [-0.3, -0.25) is 0 Å². The van der Waals surface area contributed by atoms with Crippen molar-refractivity contribution in [2.45, 2.75) is 36.6 Å². The Hall–Kier alpha value is -0.990. The Labute approximate surface area is 119 Å². The SMILES string of the molecule is CC(C)C(C)NS(=O)(=O)c1cc(S(C)(=O)=O)ccc1F. The number of hydrogen-bond acceptors (Lipinski definition) is 4. The molecule has 0 bridgehead atoms. The first-order valence-corrected chi connectivity index (χ1v) is 9.34. The van der Waals surface area contributed by atoms with E-state index in [0.29, 0.717) is 0 Å². The van der Waals surface area contributed by atoms with Gasteiger partial charge < -0.3 is 0 Å². The van der Waals surface area contributed by atoms with Gasteiger partial charge in [0.25, 0.3) is 0 Å². The lowest BCUT2D eigenvalue weighted by molar-refractivity contribution is 0.473. The molecule has 114 valence electrons. The molecule has 1 aromatic carbocycles. The van der Waals surface area contributed by atoms with Gasteiger partial charge in [0.15, 0.2) is 9.84 Å². The molecular weight excluding hydrogens is 305 g/mol. The second-order valence-electron chi connectivity index (χ2n) is 5.02. The van der Waals surface area contributed by atoms with Crippen molar-refractivity contribution < 1.29 is 21.2 Å². The van der Waals surface area contributed by atoms with E-state index in [1.165, 1.54) is 0 Å². The molecule has 1 aromatic rings. The first-order valence-electron chi connectivity index (χ1n) is 5.97. The summed E-state index contributed by atoms with van der Waals surface area (Å²) in [6.45, 7) is 5.29. The van der Waals surface area contributed by atoms with Crippen LogP contribution in [0.3, 0.4) is 0 Å². The molecule has 1 rings (SSSR count). The van der Waals surface area contributed by atoms with Crippen LogP contribution >= 0.6 is 0 Å². The van der Waals surface area contributed by atoms with Crippen LogP contribution in [0.15, 0.2) is 28.0 Å². The van der Waals surface area contributed by atoms with E-state index in [-0.39, 0.29) is 10.8 Å². The Morgan fingerprint density at radius 2 is 1.65 bits per heavy atom. The minimum atomic E-state index is -4.11. The fourth-order valence-corrected chi connectivity index (χ4v) is 3.58. The number of hydrogen-bond donors (Lipinski definition) is 1. The third-order valence-electron chi connectivity index (χ3n) is 2.96. The highest BCUT2D eigenvalue weighted by atomic mass is 32.2. The first kappa shape index (κ1) is 17.1. The Morgan fingerprint density at radius 1 is 1.10 bits per heavy atom. The number of nitrogens with one attached hydrogen (secondary N) is 1. The lowest BCUT2D eigenvalue weighted by Gasteiger charge is -2.18. The van der Waals surface area contributed by atoms with E-state index in [4.69, 9.17) is 0 Å². The van der Waals surface area contributed by atoms with Gasteiger partial charge in [0, 0.05) is 12.3 Å². The van der Waals surface area contributed by atoms with Crippen LogP contribution in [0.25, 0.3) is 0 Å². The van der Waals surface area contributed by atoms with Gasteiger partial charge in [-0.05, 0) is 31.0 Å². The minimum absolute atomic E-state index is 0.0194. The Morgan fingerprint density at radius 3 is 2.10 bits per heavy atom. The van der Waals surface area contributed by atoms with Crippen molar-refractivity contribution in [3.8, 4) is 0 Å².